The van der Waals surface area contributed by atoms with E-state index in [2.05, 4.69) is 0 Å². The maximum atomic E-state index is 10.8. The van der Waals surface area contributed by atoms with E-state index in [0.717, 1.165) is 6.29 Å². The van der Waals surface area contributed by atoms with Gasteiger partial charge in [-0.3, -0.25) is 0 Å². The summed E-state index contributed by atoms with van der Waals surface area (Å²) in [6, 6.07) is 2.52. The van der Waals surface area contributed by atoms with Crippen molar-refractivity contribution in [1.82, 2.24) is 0 Å². The maximum absolute atomic E-state index is 10.8. The number of halogens is 1. The number of aldehydes is 1. The van der Waals surface area contributed by atoms with Crippen LogP contribution in [0.4, 0.5) is 0 Å². The molecule has 0 radical (unpaired) electrons. The lowest BCUT2D eigenvalue weighted by atomic mass is 9.86. The van der Waals surface area contributed by atoms with Crippen LogP contribution in [-0.4, -0.2) is 16.5 Å². The smallest absolute Gasteiger partial charge is 0.158 e. The fraction of sp³-hybridized carbons (Fsp3) is 0.300. The molecule has 0 aromatic heterocycles. The molecule has 3 nitrogen and oxygen atoms in total. The van der Waals surface area contributed by atoms with Crippen LogP contribution in [0.15, 0.2) is 12.1 Å². The van der Waals surface area contributed by atoms with Crippen LogP contribution in [0.5, 0.6) is 11.5 Å². The van der Waals surface area contributed by atoms with E-state index in [1.54, 1.807) is 13.8 Å². The lowest BCUT2D eigenvalue weighted by molar-refractivity contribution is -0.111. The fourth-order valence-corrected chi connectivity index (χ4v) is 1.51. The predicted molar refractivity (Wildman–Crippen MR) is 53.9 cm³/mol. The minimum Gasteiger partial charge on any atom is -0.504 e. The number of rotatable bonds is 2. The largest absolute Gasteiger partial charge is 0.504 e. The predicted octanol–water partition coefficient (Wildman–Crippen LogP) is 2.23. The quantitative estimate of drug-likeness (QED) is 0.586. The van der Waals surface area contributed by atoms with Crippen molar-refractivity contribution in [3.8, 4) is 11.5 Å². The van der Waals surface area contributed by atoms with Crippen LogP contribution >= 0.6 is 11.6 Å². The molecule has 0 saturated heterocycles. The summed E-state index contributed by atoms with van der Waals surface area (Å²) in [5.74, 6) is -0.570. The van der Waals surface area contributed by atoms with E-state index >= 15 is 0 Å². The third-order valence-electron chi connectivity index (χ3n) is 2.05. The normalized spacial score (nSPS) is 11.4. The number of phenolic OH excluding ortho intramolecular Hbond substituents is 2. The van der Waals surface area contributed by atoms with Gasteiger partial charge in [0.05, 0.1) is 0 Å². The topological polar surface area (TPSA) is 57.5 Å². The lowest BCUT2D eigenvalue weighted by Gasteiger charge is -2.19. The molecule has 0 aliphatic carbocycles. The second kappa shape index (κ2) is 3.50. The summed E-state index contributed by atoms with van der Waals surface area (Å²) in [6.45, 7) is 3.36. The van der Waals surface area contributed by atoms with Gasteiger partial charge in [-0.25, -0.2) is 0 Å². The van der Waals surface area contributed by atoms with Crippen LogP contribution in [-0.2, 0) is 10.2 Å². The molecule has 0 saturated carbocycles. The van der Waals surface area contributed by atoms with Gasteiger partial charge in [0.25, 0.3) is 0 Å². The number of hydrogen-bond donors (Lipinski definition) is 2. The first kappa shape index (κ1) is 10.9. The average Bonchev–Trinajstić information content (AvgIpc) is 2.11. The van der Waals surface area contributed by atoms with Gasteiger partial charge in [-0.1, -0.05) is 11.6 Å². The van der Waals surface area contributed by atoms with Gasteiger partial charge in [0, 0.05) is 16.5 Å². The van der Waals surface area contributed by atoms with Crippen LogP contribution < -0.4 is 0 Å². The summed E-state index contributed by atoms with van der Waals surface area (Å²) in [5, 5.41) is 18.7. The zero-order valence-corrected chi connectivity index (χ0v) is 8.67. The van der Waals surface area contributed by atoms with Gasteiger partial charge in [-0.05, 0) is 25.5 Å². The van der Waals surface area contributed by atoms with E-state index in [1.165, 1.54) is 12.1 Å². The highest BCUT2D eigenvalue weighted by atomic mass is 35.5. The summed E-state index contributed by atoms with van der Waals surface area (Å²) in [4.78, 5) is 10.8. The third kappa shape index (κ3) is 1.82. The Morgan fingerprint density at radius 3 is 2.29 bits per heavy atom. The van der Waals surface area contributed by atoms with E-state index in [0.29, 0.717) is 5.56 Å². The van der Waals surface area contributed by atoms with Gasteiger partial charge >= 0.3 is 0 Å². The molecule has 4 heteroatoms. The Kier molecular flexibility index (Phi) is 2.71. The molecule has 14 heavy (non-hydrogen) atoms. The van der Waals surface area contributed by atoms with Crippen molar-refractivity contribution in [2.75, 3.05) is 0 Å². The van der Waals surface area contributed by atoms with Gasteiger partial charge in [0.2, 0.25) is 0 Å². The molecule has 0 atom stereocenters. The number of carbonyl (C=O) groups excluding carboxylic acids is 1. The highest BCUT2D eigenvalue weighted by Crippen LogP contribution is 2.36. The van der Waals surface area contributed by atoms with Crippen molar-refractivity contribution >= 4 is 17.9 Å². The van der Waals surface area contributed by atoms with Crippen molar-refractivity contribution in [2.24, 2.45) is 0 Å². The molecule has 2 N–H and O–H groups in total. The average molecular weight is 215 g/mol. The minimum absolute atomic E-state index is 0.261. The Morgan fingerprint density at radius 1 is 1.29 bits per heavy atom. The zero-order chi connectivity index (χ0) is 10.9. The van der Waals surface area contributed by atoms with E-state index in [-0.39, 0.29) is 16.5 Å². The molecule has 76 valence electrons. The molecule has 1 aromatic carbocycles. The third-order valence-corrected chi connectivity index (χ3v) is 2.37. The van der Waals surface area contributed by atoms with E-state index in [9.17, 15) is 9.90 Å². The van der Waals surface area contributed by atoms with Gasteiger partial charge < -0.3 is 15.0 Å². The Balaban J connectivity index is 3.36. The van der Waals surface area contributed by atoms with Gasteiger partial charge in [0.1, 0.15) is 6.29 Å². The molecule has 0 heterocycles. The Hall–Kier alpha value is -1.22. The molecule has 0 bridgehead atoms. The fourth-order valence-electron chi connectivity index (χ4n) is 1.11. The summed E-state index contributed by atoms with van der Waals surface area (Å²) in [7, 11) is 0. The molecule has 0 spiro atoms. The Bertz CT molecular complexity index is 372. The lowest BCUT2D eigenvalue weighted by Crippen LogP contribution is -2.19. The summed E-state index contributed by atoms with van der Waals surface area (Å²) >= 11 is 5.83. The molecule has 1 aromatic rings. The zero-order valence-electron chi connectivity index (χ0n) is 7.91. The highest BCUT2D eigenvalue weighted by molar-refractivity contribution is 6.31. The van der Waals surface area contributed by atoms with Gasteiger partial charge in [-0.2, -0.15) is 0 Å². The van der Waals surface area contributed by atoms with Crippen molar-refractivity contribution in [2.45, 2.75) is 19.3 Å². The Labute approximate surface area is 86.9 Å². The number of hydrogen-bond acceptors (Lipinski definition) is 3. The first-order valence-corrected chi connectivity index (χ1v) is 4.44. The first-order chi connectivity index (χ1) is 6.38. The molecular weight excluding hydrogens is 204 g/mol. The molecule has 1 rings (SSSR count). The molecule has 0 unspecified atom stereocenters. The van der Waals surface area contributed by atoms with Crippen molar-refractivity contribution in [1.29, 1.82) is 0 Å². The number of aromatic hydroxyl groups is 2. The number of carbonyl (C=O) groups is 1. The first-order valence-electron chi connectivity index (χ1n) is 4.07. The van der Waals surface area contributed by atoms with Crippen LogP contribution in [0.25, 0.3) is 0 Å². The standard InChI is InChI=1S/C10H11ClO3/c1-10(2,5-12)6-3-8(13)9(14)4-7(6)11/h3-5,13-14H,1-2H3. The number of benzene rings is 1. The Morgan fingerprint density at radius 2 is 1.79 bits per heavy atom. The van der Waals surface area contributed by atoms with Crippen LogP contribution in [0, 0.1) is 0 Å². The summed E-state index contributed by atoms with van der Waals surface area (Å²) in [6.07, 6.45) is 0.741. The van der Waals surface area contributed by atoms with Crippen molar-refractivity contribution < 1.29 is 15.0 Å². The van der Waals surface area contributed by atoms with E-state index < -0.39 is 5.41 Å². The van der Waals surface area contributed by atoms with Crippen LogP contribution in [0.2, 0.25) is 5.02 Å². The van der Waals surface area contributed by atoms with E-state index in [1.807, 2.05) is 0 Å². The minimum atomic E-state index is -0.776. The SMILES string of the molecule is CC(C)(C=O)c1cc(O)c(O)cc1Cl. The van der Waals surface area contributed by atoms with E-state index in [4.69, 9.17) is 16.7 Å². The molecule has 0 aliphatic heterocycles. The molecule has 0 amide bonds. The van der Waals surface area contributed by atoms with Crippen LogP contribution in [0.3, 0.4) is 0 Å². The second-order valence-electron chi connectivity index (χ2n) is 3.66. The second-order valence-corrected chi connectivity index (χ2v) is 4.07. The molecule has 0 fully saturated rings. The highest BCUT2D eigenvalue weighted by Gasteiger charge is 2.24. The maximum Gasteiger partial charge on any atom is 0.158 e. The van der Waals surface area contributed by atoms with Crippen molar-refractivity contribution in [3.05, 3.63) is 22.7 Å². The summed E-state index contributed by atoms with van der Waals surface area (Å²) in [5.41, 5.74) is -0.285. The van der Waals surface area contributed by atoms with Crippen LogP contribution in [0.1, 0.15) is 19.4 Å². The monoisotopic (exact) mass is 214 g/mol. The van der Waals surface area contributed by atoms with Gasteiger partial charge in [0.15, 0.2) is 11.5 Å². The molecular formula is C10H11ClO3. The molecule has 0 aliphatic rings. The van der Waals surface area contributed by atoms with Crippen molar-refractivity contribution in [3.63, 3.8) is 0 Å². The number of phenols is 2. The summed E-state index contributed by atoms with van der Waals surface area (Å²) < 4.78 is 0. The van der Waals surface area contributed by atoms with Gasteiger partial charge in [-0.15, -0.1) is 0 Å².